The van der Waals surface area contributed by atoms with Crippen LogP contribution < -0.4 is 10.7 Å². The molecule has 1 unspecified atom stereocenters. The van der Waals surface area contributed by atoms with Crippen LogP contribution in [0.3, 0.4) is 0 Å². The minimum absolute atomic E-state index is 0.135. The fraction of sp³-hybridized carbons (Fsp3) is 0.200. The Morgan fingerprint density at radius 1 is 1.00 bits per heavy atom. The number of benzene rings is 2. The van der Waals surface area contributed by atoms with E-state index in [-0.39, 0.29) is 5.92 Å². The molecule has 0 fully saturated rings. The van der Waals surface area contributed by atoms with Crippen LogP contribution in [0.15, 0.2) is 64.4 Å². The molecule has 1 N–H and O–H groups in total. The first-order valence-electron chi connectivity index (χ1n) is 10.2. The van der Waals surface area contributed by atoms with Crippen LogP contribution in [0.1, 0.15) is 41.0 Å². The molecule has 30 heavy (non-hydrogen) atoms. The number of hydrogen-bond acceptors (Lipinski definition) is 2. The van der Waals surface area contributed by atoms with Gasteiger partial charge in [-0.15, -0.1) is 0 Å². The van der Waals surface area contributed by atoms with Gasteiger partial charge >= 0.3 is 0 Å². The number of aromatic nitrogens is 1. The summed E-state index contributed by atoms with van der Waals surface area (Å²) in [5.74, 6) is -0.135. The van der Waals surface area contributed by atoms with E-state index in [9.17, 15) is 8.42 Å². The van der Waals surface area contributed by atoms with Gasteiger partial charge in [-0.2, -0.15) is 0 Å². The summed E-state index contributed by atoms with van der Waals surface area (Å²) in [6.07, 6.45) is 9.07. The van der Waals surface area contributed by atoms with E-state index in [2.05, 4.69) is 11.1 Å². The molecule has 2 aliphatic rings. The predicted octanol–water partition coefficient (Wildman–Crippen LogP) is 4.38. The zero-order valence-corrected chi connectivity index (χ0v) is 18.2. The summed E-state index contributed by atoms with van der Waals surface area (Å²) < 4.78 is 26.9. The molecular formula is C25H22ClNO2S. The van der Waals surface area contributed by atoms with Crippen LogP contribution in [0.5, 0.6) is 0 Å². The van der Waals surface area contributed by atoms with Crippen molar-refractivity contribution in [3.05, 3.63) is 97.5 Å². The quantitative estimate of drug-likeness (QED) is 0.663. The van der Waals surface area contributed by atoms with Crippen molar-refractivity contribution in [1.82, 2.24) is 4.98 Å². The van der Waals surface area contributed by atoms with Gasteiger partial charge in [0.25, 0.3) is 0 Å². The first-order valence-corrected chi connectivity index (χ1v) is 12.0. The van der Waals surface area contributed by atoms with Gasteiger partial charge < -0.3 is 4.98 Å². The van der Waals surface area contributed by atoms with Crippen LogP contribution in [-0.4, -0.2) is 13.4 Å². The van der Waals surface area contributed by atoms with Gasteiger partial charge in [0.15, 0.2) is 0 Å². The lowest BCUT2D eigenvalue weighted by Crippen LogP contribution is -2.21. The zero-order valence-electron chi connectivity index (χ0n) is 16.7. The van der Waals surface area contributed by atoms with Crippen LogP contribution in [0.25, 0.3) is 12.2 Å². The largest absolute Gasteiger partial charge is 0.355 e. The number of H-pyrrole nitrogens is 1. The molecule has 3 aromatic rings. The van der Waals surface area contributed by atoms with Crippen molar-refractivity contribution < 1.29 is 8.42 Å². The molecule has 0 bridgehead atoms. The molecule has 0 amide bonds. The van der Waals surface area contributed by atoms with E-state index >= 15 is 0 Å². The van der Waals surface area contributed by atoms with Gasteiger partial charge in [-0.3, -0.25) is 0 Å². The highest BCUT2D eigenvalue weighted by Gasteiger charge is 2.29. The summed E-state index contributed by atoms with van der Waals surface area (Å²) in [5, 5.41) is 2.69. The number of aryl methyl sites for hydroxylation is 1. The molecule has 0 aliphatic heterocycles. The molecule has 0 saturated heterocycles. The molecule has 152 valence electrons. The summed E-state index contributed by atoms with van der Waals surface area (Å²) in [5.41, 5.74) is 4.56. The SMILES string of the molecule is Cc1ccc(S(=O)(=O)C2=CC(c3ccc(Cl)cc3)c3c4c([nH]c3=C2)=CCCC4)cc1. The highest BCUT2D eigenvalue weighted by atomic mass is 35.5. The van der Waals surface area contributed by atoms with Crippen molar-refractivity contribution in [2.75, 3.05) is 0 Å². The third kappa shape index (κ3) is 3.24. The van der Waals surface area contributed by atoms with Crippen molar-refractivity contribution >= 4 is 33.6 Å². The van der Waals surface area contributed by atoms with Gasteiger partial charge in [-0.1, -0.05) is 53.6 Å². The van der Waals surface area contributed by atoms with E-state index < -0.39 is 9.84 Å². The number of allylic oxidation sites excluding steroid dienone is 2. The monoisotopic (exact) mass is 435 g/mol. The van der Waals surface area contributed by atoms with E-state index in [0.29, 0.717) is 14.8 Å². The second kappa shape index (κ2) is 7.29. The molecule has 0 spiro atoms. The first-order chi connectivity index (χ1) is 14.4. The maximum Gasteiger partial charge on any atom is 0.206 e. The summed E-state index contributed by atoms with van der Waals surface area (Å²) in [7, 11) is -3.62. The van der Waals surface area contributed by atoms with Gasteiger partial charge in [-0.25, -0.2) is 8.42 Å². The molecule has 2 aromatic carbocycles. The van der Waals surface area contributed by atoms with Gasteiger partial charge in [0.1, 0.15) is 0 Å². The van der Waals surface area contributed by atoms with Crippen LogP contribution in [0.2, 0.25) is 5.02 Å². The maximum absolute atomic E-state index is 13.4. The van der Waals surface area contributed by atoms with Crippen molar-refractivity contribution in [2.45, 2.75) is 37.0 Å². The summed E-state index contributed by atoms with van der Waals surface area (Å²) >= 11 is 6.11. The zero-order chi connectivity index (χ0) is 20.9. The van der Waals surface area contributed by atoms with Crippen molar-refractivity contribution in [2.24, 2.45) is 0 Å². The fourth-order valence-electron chi connectivity index (χ4n) is 4.43. The third-order valence-corrected chi connectivity index (χ3v) is 8.01. The summed E-state index contributed by atoms with van der Waals surface area (Å²) in [6.45, 7) is 1.95. The molecule has 5 rings (SSSR count). The van der Waals surface area contributed by atoms with E-state index in [1.165, 1.54) is 11.1 Å². The second-order valence-corrected chi connectivity index (χ2v) is 10.4. The number of halogens is 1. The molecule has 2 aliphatic carbocycles. The van der Waals surface area contributed by atoms with E-state index in [4.69, 9.17) is 11.6 Å². The number of fused-ring (bicyclic) bond motifs is 3. The molecule has 5 heteroatoms. The number of nitrogens with one attached hydrogen (secondary N) is 1. The van der Waals surface area contributed by atoms with Gasteiger partial charge in [0.2, 0.25) is 9.84 Å². The fourth-order valence-corrected chi connectivity index (χ4v) is 5.91. The lowest BCUT2D eigenvalue weighted by atomic mass is 9.85. The Morgan fingerprint density at radius 3 is 2.47 bits per heavy atom. The van der Waals surface area contributed by atoms with Gasteiger partial charge in [0.05, 0.1) is 9.80 Å². The number of hydrogen-bond donors (Lipinski definition) is 1. The average Bonchev–Trinajstić information content (AvgIpc) is 3.13. The van der Waals surface area contributed by atoms with Crippen molar-refractivity contribution in [1.29, 1.82) is 0 Å². The Morgan fingerprint density at radius 2 is 1.73 bits per heavy atom. The average molecular weight is 436 g/mol. The highest BCUT2D eigenvalue weighted by Crippen LogP contribution is 2.34. The van der Waals surface area contributed by atoms with Crippen LogP contribution in [0, 0.1) is 6.92 Å². The van der Waals surface area contributed by atoms with Crippen LogP contribution in [-0.2, 0) is 16.3 Å². The first kappa shape index (κ1) is 19.4. The van der Waals surface area contributed by atoms with Crippen molar-refractivity contribution in [3.63, 3.8) is 0 Å². The Labute approximate surface area is 181 Å². The summed E-state index contributed by atoms with van der Waals surface area (Å²) in [6, 6.07) is 14.7. The Balaban J connectivity index is 1.73. The number of aromatic amines is 1. The van der Waals surface area contributed by atoms with E-state index in [0.717, 1.165) is 41.1 Å². The van der Waals surface area contributed by atoms with Gasteiger partial charge in [-0.05, 0) is 73.2 Å². The minimum Gasteiger partial charge on any atom is -0.355 e. The van der Waals surface area contributed by atoms with Crippen LogP contribution in [0.4, 0.5) is 0 Å². The number of sulfone groups is 1. The smallest absolute Gasteiger partial charge is 0.206 e. The Hall–Kier alpha value is -2.56. The standard InChI is InChI=1S/C25H22ClNO2S/c1-16-6-12-19(13-7-16)30(28,29)20-14-22(17-8-10-18(26)11-9-17)25-21-4-2-3-5-23(21)27-24(25)15-20/h5-15,22,27H,2-4H2,1H3. The predicted molar refractivity (Wildman–Crippen MR) is 122 cm³/mol. The minimum atomic E-state index is -3.62. The molecule has 1 atom stereocenters. The lowest BCUT2D eigenvalue weighted by molar-refractivity contribution is 0.603. The molecule has 0 radical (unpaired) electrons. The van der Waals surface area contributed by atoms with Gasteiger partial charge in [0, 0.05) is 21.6 Å². The van der Waals surface area contributed by atoms with Crippen molar-refractivity contribution in [3.8, 4) is 0 Å². The van der Waals surface area contributed by atoms with E-state index in [1.807, 2.05) is 49.4 Å². The molecule has 1 heterocycles. The maximum atomic E-state index is 13.4. The molecule has 3 nitrogen and oxygen atoms in total. The highest BCUT2D eigenvalue weighted by molar-refractivity contribution is 7.95. The molecular weight excluding hydrogens is 414 g/mol. The second-order valence-electron chi connectivity index (χ2n) is 8.00. The van der Waals surface area contributed by atoms with E-state index in [1.54, 1.807) is 18.2 Å². The third-order valence-electron chi connectivity index (χ3n) is 5.99. The Bertz CT molecular complexity index is 1380. The molecule has 0 saturated carbocycles. The lowest BCUT2D eigenvalue weighted by Gasteiger charge is -2.21. The normalized spacial score (nSPS) is 17.9. The topological polar surface area (TPSA) is 49.9 Å². The Kier molecular flexibility index (Phi) is 4.72. The molecule has 1 aromatic heterocycles. The number of rotatable bonds is 3. The van der Waals surface area contributed by atoms with Crippen LogP contribution >= 0.6 is 11.6 Å². The summed E-state index contributed by atoms with van der Waals surface area (Å²) in [4.78, 5) is 4.13.